The van der Waals surface area contributed by atoms with Gasteiger partial charge in [-0.3, -0.25) is 9.69 Å². The maximum absolute atomic E-state index is 13.0. The normalized spacial score (nSPS) is 11.5. The first-order chi connectivity index (χ1) is 13.6. The van der Waals surface area contributed by atoms with Gasteiger partial charge >= 0.3 is 0 Å². The molecule has 0 saturated carbocycles. The summed E-state index contributed by atoms with van der Waals surface area (Å²) in [5.74, 6) is 1.53. The van der Waals surface area contributed by atoms with E-state index in [9.17, 15) is 4.79 Å². The molecule has 3 aromatic rings. The number of aromatic nitrogens is 2. The van der Waals surface area contributed by atoms with E-state index in [1.165, 1.54) is 0 Å². The van der Waals surface area contributed by atoms with Crippen LogP contribution in [0.25, 0.3) is 0 Å². The van der Waals surface area contributed by atoms with Crippen LogP contribution in [-0.2, 0) is 0 Å². The summed E-state index contributed by atoms with van der Waals surface area (Å²) in [5, 5.41) is 3.29. The summed E-state index contributed by atoms with van der Waals surface area (Å²) in [6, 6.07) is 19.0. The highest BCUT2D eigenvalue weighted by atomic mass is 16.5. The van der Waals surface area contributed by atoms with Crippen LogP contribution in [0.5, 0.6) is 5.75 Å². The fraction of sp³-hybridized carbons (Fsp3) is 0.227. The highest BCUT2D eigenvalue weighted by Crippen LogP contribution is 2.21. The third-order valence-electron chi connectivity index (χ3n) is 4.44. The Kier molecular flexibility index (Phi) is 6.22. The van der Waals surface area contributed by atoms with Crippen LogP contribution in [0.4, 0.5) is 11.8 Å². The number of hydrogen-bond acceptors (Lipinski definition) is 5. The van der Waals surface area contributed by atoms with Crippen molar-refractivity contribution in [2.24, 2.45) is 0 Å². The van der Waals surface area contributed by atoms with Gasteiger partial charge in [0, 0.05) is 18.3 Å². The van der Waals surface area contributed by atoms with Gasteiger partial charge in [-0.1, -0.05) is 36.4 Å². The lowest BCUT2D eigenvalue weighted by Gasteiger charge is -2.21. The minimum absolute atomic E-state index is 0.0422. The first-order valence-electron chi connectivity index (χ1n) is 9.22. The lowest BCUT2D eigenvalue weighted by Crippen LogP contribution is -2.31. The summed E-state index contributed by atoms with van der Waals surface area (Å²) in [7, 11) is 1.58. The second kappa shape index (κ2) is 8.99. The minimum atomic E-state index is -0.137. The molecule has 144 valence electrons. The molecule has 1 amide bonds. The fourth-order valence-electron chi connectivity index (χ4n) is 2.91. The Bertz CT molecular complexity index is 931. The Hall–Kier alpha value is -3.41. The summed E-state index contributed by atoms with van der Waals surface area (Å²) in [5.41, 5.74) is 1.68. The summed E-state index contributed by atoms with van der Waals surface area (Å²) in [4.78, 5) is 23.5. The largest absolute Gasteiger partial charge is 0.497 e. The van der Waals surface area contributed by atoms with Crippen LogP contribution >= 0.6 is 0 Å². The number of benzene rings is 2. The van der Waals surface area contributed by atoms with Gasteiger partial charge in [0.15, 0.2) is 0 Å². The standard InChI is InChI=1S/C22H24N4O2/c1-4-26(21(27)18-11-8-12-19(15-18)28-3)20-13-14-23-22(25-20)24-16(2)17-9-6-5-7-10-17/h5-16H,4H2,1-3H3,(H,23,24,25)/t16-/m1/s1. The molecular formula is C22H24N4O2. The van der Waals surface area contributed by atoms with Crippen LogP contribution in [0.2, 0.25) is 0 Å². The van der Waals surface area contributed by atoms with Crippen LogP contribution < -0.4 is 15.0 Å². The maximum Gasteiger partial charge on any atom is 0.259 e. The van der Waals surface area contributed by atoms with Gasteiger partial charge in [0.1, 0.15) is 11.6 Å². The van der Waals surface area contributed by atoms with Gasteiger partial charge < -0.3 is 10.1 Å². The average Bonchev–Trinajstić information content (AvgIpc) is 2.75. The molecule has 0 radical (unpaired) electrons. The van der Waals surface area contributed by atoms with E-state index in [0.717, 1.165) is 5.56 Å². The predicted octanol–water partition coefficient (Wildman–Crippen LogP) is 4.33. The number of amides is 1. The molecule has 0 saturated heterocycles. The summed E-state index contributed by atoms with van der Waals surface area (Å²) >= 11 is 0. The quantitative estimate of drug-likeness (QED) is 0.665. The van der Waals surface area contributed by atoms with Crippen molar-refractivity contribution in [2.75, 3.05) is 23.9 Å². The molecule has 0 bridgehead atoms. The van der Waals surface area contributed by atoms with Crippen molar-refractivity contribution in [1.82, 2.24) is 9.97 Å². The number of carbonyl (C=O) groups excluding carboxylic acids is 1. The Morgan fingerprint density at radius 2 is 1.93 bits per heavy atom. The van der Waals surface area contributed by atoms with Crippen molar-refractivity contribution in [3.8, 4) is 5.75 Å². The van der Waals surface area contributed by atoms with E-state index < -0.39 is 0 Å². The molecule has 0 fully saturated rings. The Morgan fingerprint density at radius 3 is 2.64 bits per heavy atom. The highest BCUT2D eigenvalue weighted by molar-refractivity contribution is 6.05. The predicted molar refractivity (Wildman–Crippen MR) is 111 cm³/mol. The second-order valence-corrected chi connectivity index (χ2v) is 6.30. The zero-order valence-electron chi connectivity index (χ0n) is 16.3. The van der Waals surface area contributed by atoms with E-state index in [4.69, 9.17) is 4.74 Å². The molecule has 28 heavy (non-hydrogen) atoms. The van der Waals surface area contributed by atoms with Crippen LogP contribution in [-0.4, -0.2) is 29.5 Å². The number of nitrogens with zero attached hydrogens (tertiary/aromatic N) is 3. The van der Waals surface area contributed by atoms with Crippen molar-refractivity contribution in [2.45, 2.75) is 19.9 Å². The number of nitrogens with one attached hydrogen (secondary N) is 1. The Balaban J connectivity index is 1.81. The Morgan fingerprint density at radius 1 is 1.14 bits per heavy atom. The number of ether oxygens (including phenoxy) is 1. The van der Waals surface area contributed by atoms with Gasteiger partial charge in [-0.05, 0) is 43.7 Å². The van der Waals surface area contributed by atoms with Crippen molar-refractivity contribution in [1.29, 1.82) is 0 Å². The first kappa shape index (κ1) is 19.4. The maximum atomic E-state index is 13.0. The topological polar surface area (TPSA) is 67.4 Å². The van der Waals surface area contributed by atoms with E-state index >= 15 is 0 Å². The van der Waals surface area contributed by atoms with Crippen LogP contribution in [0.3, 0.4) is 0 Å². The molecule has 2 aromatic carbocycles. The van der Waals surface area contributed by atoms with Crippen LogP contribution in [0, 0.1) is 0 Å². The summed E-state index contributed by atoms with van der Waals surface area (Å²) in [6.45, 7) is 4.45. The smallest absolute Gasteiger partial charge is 0.259 e. The molecule has 1 heterocycles. The molecule has 3 rings (SSSR count). The summed E-state index contributed by atoms with van der Waals surface area (Å²) < 4.78 is 5.22. The van der Waals surface area contributed by atoms with E-state index in [2.05, 4.69) is 15.3 Å². The molecule has 1 aromatic heterocycles. The molecule has 0 spiro atoms. The van der Waals surface area contributed by atoms with Gasteiger partial charge in [-0.2, -0.15) is 4.98 Å². The lowest BCUT2D eigenvalue weighted by atomic mass is 10.1. The zero-order valence-corrected chi connectivity index (χ0v) is 16.3. The third-order valence-corrected chi connectivity index (χ3v) is 4.44. The molecule has 0 unspecified atom stereocenters. The van der Waals surface area contributed by atoms with Gasteiger partial charge in [0.25, 0.3) is 5.91 Å². The van der Waals surface area contributed by atoms with E-state index in [-0.39, 0.29) is 11.9 Å². The SMILES string of the molecule is CCN(C(=O)c1cccc(OC)c1)c1ccnc(N[C@H](C)c2ccccc2)n1. The van der Waals surface area contributed by atoms with E-state index in [1.807, 2.05) is 50.2 Å². The lowest BCUT2D eigenvalue weighted by molar-refractivity contribution is 0.0987. The van der Waals surface area contributed by atoms with Crippen molar-refractivity contribution in [3.63, 3.8) is 0 Å². The molecule has 6 nitrogen and oxygen atoms in total. The second-order valence-electron chi connectivity index (χ2n) is 6.30. The number of anilines is 2. The highest BCUT2D eigenvalue weighted by Gasteiger charge is 2.19. The minimum Gasteiger partial charge on any atom is -0.497 e. The van der Waals surface area contributed by atoms with Crippen molar-refractivity contribution in [3.05, 3.63) is 78.0 Å². The van der Waals surface area contributed by atoms with Gasteiger partial charge in [-0.15, -0.1) is 0 Å². The number of methoxy groups -OCH3 is 1. The van der Waals surface area contributed by atoms with E-state index in [1.54, 1.807) is 42.5 Å². The Labute approximate surface area is 165 Å². The first-order valence-corrected chi connectivity index (χ1v) is 9.22. The molecule has 0 aliphatic carbocycles. The molecule has 1 N–H and O–H groups in total. The van der Waals surface area contributed by atoms with Gasteiger partial charge in [-0.25, -0.2) is 4.98 Å². The van der Waals surface area contributed by atoms with Crippen molar-refractivity contribution < 1.29 is 9.53 Å². The molecular weight excluding hydrogens is 352 g/mol. The van der Waals surface area contributed by atoms with Crippen molar-refractivity contribution >= 4 is 17.7 Å². The monoisotopic (exact) mass is 376 g/mol. The molecule has 6 heteroatoms. The number of rotatable bonds is 7. The number of hydrogen-bond donors (Lipinski definition) is 1. The average molecular weight is 376 g/mol. The zero-order chi connectivity index (χ0) is 19.9. The van der Waals surface area contributed by atoms with Gasteiger partial charge in [0.05, 0.1) is 13.2 Å². The van der Waals surface area contributed by atoms with Crippen LogP contribution in [0.15, 0.2) is 66.9 Å². The van der Waals surface area contributed by atoms with Crippen LogP contribution in [0.1, 0.15) is 35.8 Å². The van der Waals surface area contributed by atoms with E-state index in [0.29, 0.717) is 29.6 Å². The molecule has 0 aliphatic heterocycles. The number of carbonyl (C=O) groups is 1. The third kappa shape index (κ3) is 4.46. The molecule has 0 aliphatic rings. The van der Waals surface area contributed by atoms with Gasteiger partial charge in [0.2, 0.25) is 5.95 Å². The molecule has 1 atom stereocenters. The summed E-state index contributed by atoms with van der Waals surface area (Å²) in [6.07, 6.45) is 1.66. The fourth-order valence-corrected chi connectivity index (χ4v) is 2.91.